The molecule has 0 saturated carbocycles. The van der Waals surface area contributed by atoms with Crippen molar-refractivity contribution >= 4 is 11.6 Å². The minimum Gasteiger partial charge on any atom is -0.492 e. The molecule has 2 unspecified atom stereocenters. The van der Waals surface area contributed by atoms with Crippen LogP contribution in [0.4, 0.5) is 0 Å². The highest BCUT2D eigenvalue weighted by molar-refractivity contribution is 6.30. The number of hydrogen-bond acceptors (Lipinski definition) is 3. The monoisotopic (exact) mass is 269 g/mol. The van der Waals surface area contributed by atoms with Gasteiger partial charge in [0.2, 0.25) is 0 Å². The normalized spacial score (nSPS) is 20.9. The van der Waals surface area contributed by atoms with Crippen molar-refractivity contribution in [2.24, 2.45) is 5.92 Å². The third-order valence-electron chi connectivity index (χ3n) is 3.23. The van der Waals surface area contributed by atoms with Gasteiger partial charge in [-0.1, -0.05) is 24.6 Å². The second-order valence-electron chi connectivity index (χ2n) is 4.56. The van der Waals surface area contributed by atoms with Crippen LogP contribution < -0.4 is 10.1 Å². The number of halogens is 1. The van der Waals surface area contributed by atoms with Gasteiger partial charge < -0.3 is 14.8 Å². The molecule has 1 aliphatic rings. The Kier molecular flexibility index (Phi) is 5.29. The molecule has 1 aliphatic heterocycles. The van der Waals surface area contributed by atoms with Gasteiger partial charge in [0.1, 0.15) is 12.4 Å². The Morgan fingerprint density at radius 1 is 1.56 bits per heavy atom. The summed E-state index contributed by atoms with van der Waals surface area (Å²) in [5, 5.41) is 4.18. The second kappa shape index (κ2) is 6.98. The average molecular weight is 270 g/mol. The minimum absolute atomic E-state index is 0.344. The summed E-state index contributed by atoms with van der Waals surface area (Å²) >= 11 is 5.93. The molecule has 1 aromatic rings. The van der Waals surface area contributed by atoms with Gasteiger partial charge in [0.05, 0.1) is 6.61 Å². The van der Waals surface area contributed by atoms with E-state index < -0.39 is 0 Å². The molecule has 4 heteroatoms. The van der Waals surface area contributed by atoms with E-state index in [1.165, 1.54) is 0 Å². The summed E-state index contributed by atoms with van der Waals surface area (Å²) < 4.78 is 11.3. The fraction of sp³-hybridized carbons (Fsp3) is 0.571. The number of hydrogen-bond donors (Lipinski definition) is 1. The maximum Gasteiger partial charge on any atom is 0.120 e. The van der Waals surface area contributed by atoms with E-state index in [0.717, 1.165) is 31.9 Å². The lowest BCUT2D eigenvalue weighted by atomic mass is 10.00. The quantitative estimate of drug-likeness (QED) is 0.861. The van der Waals surface area contributed by atoms with Crippen molar-refractivity contribution in [1.82, 2.24) is 5.32 Å². The van der Waals surface area contributed by atoms with Crippen LogP contribution in [0.25, 0.3) is 0 Å². The predicted molar refractivity (Wildman–Crippen MR) is 73.3 cm³/mol. The first kappa shape index (κ1) is 13.7. The second-order valence-corrected chi connectivity index (χ2v) is 4.99. The number of ether oxygens (including phenoxy) is 2. The molecule has 1 aromatic carbocycles. The van der Waals surface area contributed by atoms with Crippen LogP contribution in [0, 0.1) is 5.92 Å². The molecule has 0 aromatic heterocycles. The molecule has 0 aliphatic carbocycles. The van der Waals surface area contributed by atoms with Crippen LogP contribution in [0.5, 0.6) is 5.75 Å². The summed E-state index contributed by atoms with van der Waals surface area (Å²) in [6.07, 6.45) is 1.11. The summed E-state index contributed by atoms with van der Waals surface area (Å²) in [5.74, 6) is 1.37. The van der Waals surface area contributed by atoms with E-state index in [0.29, 0.717) is 23.6 Å². The molecule has 1 N–H and O–H groups in total. The molecule has 2 atom stereocenters. The van der Waals surface area contributed by atoms with Gasteiger partial charge in [-0.05, 0) is 31.2 Å². The van der Waals surface area contributed by atoms with E-state index in [9.17, 15) is 0 Å². The summed E-state index contributed by atoms with van der Waals surface area (Å²) in [4.78, 5) is 0. The molecule has 0 bridgehead atoms. The number of benzene rings is 1. The van der Waals surface area contributed by atoms with Crippen LogP contribution in [0.15, 0.2) is 24.3 Å². The van der Waals surface area contributed by atoms with Crippen molar-refractivity contribution in [3.05, 3.63) is 29.3 Å². The van der Waals surface area contributed by atoms with Gasteiger partial charge in [0.25, 0.3) is 0 Å². The van der Waals surface area contributed by atoms with E-state index in [2.05, 4.69) is 12.2 Å². The lowest BCUT2D eigenvalue weighted by Crippen LogP contribution is -2.41. The van der Waals surface area contributed by atoms with Crippen LogP contribution >= 0.6 is 11.6 Å². The molecule has 100 valence electrons. The highest BCUT2D eigenvalue weighted by atomic mass is 35.5. The predicted octanol–water partition coefficient (Wildman–Crippen LogP) is 2.73. The zero-order chi connectivity index (χ0) is 12.8. The number of likely N-dealkylation sites (N-methyl/N-ethyl adjacent to an activating group) is 1. The first-order chi connectivity index (χ1) is 8.79. The maximum atomic E-state index is 5.93. The highest BCUT2D eigenvalue weighted by Crippen LogP contribution is 2.20. The lowest BCUT2D eigenvalue weighted by molar-refractivity contribution is 0.161. The van der Waals surface area contributed by atoms with Gasteiger partial charge in [-0.15, -0.1) is 0 Å². The molecule has 1 saturated heterocycles. The lowest BCUT2D eigenvalue weighted by Gasteiger charge is -2.23. The Hall–Kier alpha value is -0.770. The summed E-state index contributed by atoms with van der Waals surface area (Å²) in [6.45, 7) is 5.41. The van der Waals surface area contributed by atoms with E-state index in [-0.39, 0.29) is 0 Å². The Bertz CT molecular complexity index is 367. The smallest absolute Gasteiger partial charge is 0.120 e. The molecule has 1 heterocycles. The van der Waals surface area contributed by atoms with Crippen molar-refractivity contribution in [2.45, 2.75) is 19.4 Å². The SMILES string of the molecule is CCNC(COc1cccc(Cl)c1)C1CCOC1. The molecule has 0 spiro atoms. The Balaban J connectivity index is 1.88. The van der Waals surface area contributed by atoms with E-state index in [1.807, 2.05) is 24.3 Å². The fourth-order valence-corrected chi connectivity index (χ4v) is 2.42. The van der Waals surface area contributed by atoms with Crippen molar-refractivity contribution < 1.29 is 9.47 Å². The topological polar surface area (TPSA) is 30.5 Å². The summed E-state index contributed by atoms with van der Waals surface area (Å²) in [6, 6.07) is 7.87. The fourth-order valence-electron chi connectivity index (χ4n) is 2.24. The van der Waals surface area contributed by atoms with Crippen LogP contribution in [0.3, 0.4) is 0 Å². The highest BCUT2D eigenvalue weighted by Gasteiger charge is 2.25. The van der Waals surface area contributed by atoms with E-state index >= 15 is 0 Å². The van der Waals surface area contributed by atoms with Crippen molar-refractivity contribution in [2.75, 3.05) is 26.4 Å². The maximum absolute atomic E-state index is 5.93. The number of nitrogens with one attached hydrogen (secondary N) is 1. The average Bonchev–Trinajstić information content (AvgIpc) is 2.88. The molecular weight excluding hydrogens is 250 g/mol. The van der Waals surface area contributed by atoms with Crippen LogP contribution in [0.1, 0.15) is 13.3 Å². The minimum atomic E-state index is 0.344. The van der Waals surface area contributed by atoms with Crippen LogP contribution in [-0.2, 0) is 4.74 Å². The van der Waals surface area contributed by atoms with E-state index in [1.54, 1.807) is 0 Å². The molecule has 0 radical (unpaired) electrons. The Labute approximate surface area is 113 Å². The van der Waals surface area contributed by atoms with Crippen molar-refractivity contribution in [3.63, 3.8) is 0 Å². The third kappa shape index (κ3) is 3.87. The van der Waals surface area contributed by atoms with Crippen LogP contribution in [0.2, 0.25) is 5.02 Å². The van der Waals surface area contributed by atoms with Crippen molar-refractivity contribution in [3.8, 4) is 5.75 Å². The Morgan fingerprint density at radius 3 is 3.11 bits per heavy atom. The molecule has 1 fully saturated rings. The van der Waals surface area contributed by atoms with Gasteiger partial charge >= 0.3 is 0 Å². The summed E-state index contributed by atoms with van der Waals surface area (Å²) in [5.41, 5.74) is 0. The number of rotatable bonds is 6. The largest absolute Gasteiger partial charge is 0.492 e. The van der Waals surface area contributed by atoms with Gasteiger partial charge in [0, 0.05) is 23.6 Å². The summed E-state index contributed by atoms with van der Waals surface area (Å²) in [7, 11) is 0. The zero-order valence-electron chi connectivity index (χ0n) is 10.7. The molecule has 2 rings (SSSR count). The molecule has 0 amide bonds. The first-order valence-electron chi connectivity index (χ1n) is 6.49. The van der Waals surface area contributed by atoms with Crippen LogP contribution in [-0.4, -0.2) is 32.4 Å². The zero-order valence-corrected chi connectivity index (χ0v) is 11.5. The van der Waals surface area contributed by atoms with Gasteiger partial charge in [-0.2, -0.15) is 0 Å². The molecular formula is C14H20ClNO2. The third-order valence-corrected chi connectivity index (χ3v) is 3.46. The first-order valence-corrected chi connectivity index (χ1v) is 6.87. The van der Waals surface area contributed by atoms with Gasteiger partial charge in [-0.25, -0.2) is 0 Å². The standard InChI is InChI=1S/C14H20ClNO2/c1-2-16-14(11-6-7-17-9-11)10-18-13-5-3-4-12(15)8-13/h3-5,8,11,14,16H,2,6-7,9-10H2,1H3. The van der Waals surface area contributed by atoms with Gasteiger partial charge in [0.15, 0.2) is 0 Å². The molecule has 18 heavy (non-hydrogen) atoms. The molecule has 3 nitrogen and oxygen atoms in total. The van der Waals surface area contributed by atoms with E-state index in [4.69, 9.17) is 21.1 Å². The van der Waals surface area contributed by atoms with Crippen molar-refractivity contribution in [1.29, 1.82) is 0 Å². The Morgan fingerprint density at radius 2 is 2.44 bits per heavy atom. The van der Waals surface area contributed by atoms with Gasteiger partial charge in [-0.3, -0.25) is 0 Å².